The van der Waals surface area contributed by atoms with Gasteiger partial charge in [0.2, 0.25) is 15.9 Å². The average Bonchev–Trinajstić information content (AvgIpc) is 2.93. The summed E-state index contributed by atoms with van der Waals surface area (Å²) in [6.07, 6.45) is 0.0364. The van der Waals surface area contributed by atoms with Crippen molar-refractivity contribution in [1.82, 2.24) is 9.71 Å². The lowest BCUT2D eigenvalue weighted by Crippen LogP contribution is -2.35. The van der Waals surface area contributed by atoms with Gasteiger partial charge in [-0.15, -0.1) is 11.3 Å². The van der Waals surface area contributed by atoms with Crippen LogP contribution in [0.3, 0.4) is 0 Å². The number of carbonyl (C=O) groups is 1. The number of primary amides is 1. The molecule has 0 saturated carbocycles. The number of hydrogen-bond donors (Lipinski definition) is 2. The van der Waals surface area contributed by atoms with Crippen molar-refractivity contribution in [3.8, 4) is 0 Å². The maximum atomic E-state index is 12.5. The first-order chi connectivity index (χ1) is 13.5. The molecule has 1 atom stereocenters. The SMILES string of the molecule is COC[C@H](C)NS(=O)(=O)c1ccc(Sc2nc(C)c(CC(N)=O)s2)c([N+](=O)[O-])c1. The summed E-state index contributed by atoms with van der Waals surface area (Å²) in [6, 6.07) is 3.17. The number of amides is 1. The number of ether oxygens (including phenoxy) is 1. The van der Waals surface area contributed by atoms with Crippen LogP contribution in [0.2, 0.25) is 0 Å². The van der Waals surface area contributed by atoms with Crippen LogP contribution < -0.4 is 10.5 Å². The Morgan fingerprint density at radius 3 is 2.76 bits per heavy atom. The van der Waals surface area contributed by atoms with E-state index in [9.17, 15) is 23.3 Å². The minimum absolute atomic E-state index is 0.0364. The van der Waals surface area contributed by atoms with Gasteiger partial charge < -0.3 is 10.5 Å². The van der Waals surface area contributed by atoms with E-state index < -0.39 is 26.9 Å². The fraction of sp³-hybridized carbons (Fsp3) is 0.375. The minimum Gasteiger partial charge on any atom is -0.383 e. The molecule has 10 nitrogen and oxygen atoms in total. The Labute approximate surface area is 176 Å². The standard InChI is InChI=1S/C16H20N4O6S3/c1-9(8-26-3)19-29(24,25)11-4-5-13(12(6-11)20(22)23)27-16-18-10(2)14(28-16)7-15(17)21/h4-6,9,19H,7-8H2,1-3H3,(H2,17,21)/t9-/m0/s1. The van der Waals surface area contributed by atoms with Gasteiger partial charge in [0.15, 0.2) is 4.34 Å². The van der Waals surface area contributed by atoms with Crippen LogP contribution in [0.4, 0.5) is 5.69 Å². The Morgan fingerprint density at radius 1 is 1.48 bits per heavy atom. The Hall–Kier alpha value is -2.06. The summed E-state index contributed by atoms with van der Waals surface area (Å²) in [5.74, 6) is -0.496. The highest BCUT2D eigenvalue weighted by atomic mass is 32.2. The first kappa shape index (κ1) is 23.2. The summed E-state index contributed by atoms with van der Waals surface area (Å²) in [5, 5.41) is 11.5. The molecular formula is C16H20N4O6S3. The van der Waals surface area contributed by atoms with E-state index in [1.807, 2.05) is 0 Å². The lowest BCUT2D eigenvalue weighted by atomic mass is 10.3. The number of rotatable bonds is 10. The van der Waals surface area contributed by atoms with E-state index in [1.54, 1.807) is 13.8 Å². The number of aromatic nitrogens is 1. The Kier molecular flexibility index (Phi) is 7.71. The van der Waals surface area contributed by atoms with Crippen molar-refractivity contribution in [2.45, 2.75) is 40.4 Å². The van der Waals surface area contributed by atoms with Gasteiger partial charge in [-0.3, -0.25) is 14.9 Å². The van der Waals surface area contributed by atoms with Crippen LogP contribution in [0.15, 0.2) is 32.3 Å². The van der Waals surface area contributed by atoms with Crippen LogP contribution in [-0.4, -0.2) is 44.0 Å². The number of carbonyl (C=O) groups excluding carboxylic acids is 1. The topological polar surface area (TPSA) is 155 Å². The predicted octanol–water partition coefficient (Wildman–Crippen LogP) is 1.85. The summed E-state index contributed by atoms with van der Waals surface area (Å²) in [4.78, 5) is 27.0. The van der Waals surface area contributed by atoms with Crippen molar-refractivity contribution in [3.05, 3.63) is 38.9 Å². The molecule has 1 aromatic heterocycles. The molecule has 13 heteroatoms. The summed E-state index contributed by atoms with van der Waals surface area (Å²) in [6.45, 7) is 3.50. The van der Waals surface area contributed by atoms with Crippen molar-refractivity contribution in [1.29, 1.82) is 0 Å². The number of nitro groups is 1. The number of nitrogens with zero attached hydrogens (tertiary/aromatic N) is 2. The molecule has 2 rings (SSSR count). The third-order valence-electron chi connectivity index (χ3n) is 3.62. The lowest BCUT2D eigenvalue weighted by molar-refractivity contribution is -0.388. The molecule has 1 amide bonds. The number of thiazole rings is 1. The number of sulfonamides is 1. The highest BCUT2D eigenvalue weighted by molar-refractivity contribution is 8.01. The molecule has 1 heterocycles. The van der Waals surface area contributed by atoms with Gasteiger partial charge in [0.1, 0.15) is 0 Å². The van der Waals surface area contributed by atoms with E-state index in [4.69, 9.17) is 10.5 Å². The zero-order chi connectivity index (χ0) is 21.8. The van der Waals surface area contributed by atoms with Gasteiger partial charge in [-0.1, -0.05) is 11.8 Å². The minimum atomic E-state index is -3.95. The van der Waals surface area contributed by atoms with E-state index in [0.717, 1.165) is 17.8 Å². The Balaban J connectivity index is 2.33. The molecular weight excluding hydrogens is 440 g/mol. The zero-order valence-electron chi connectivity index (χ0n) is 15.9. The molecule has 0 aliphatic rings. The Morgan fingerprint density at radius 2 is 2.17 bits per heavy atom. The van der Waals surface area contributed by atoms with Gasteiger partial charge >= 0.3 is 0 Å². The summed E-state index contributed by atoms with van der Waals surface area (Å²) < 4.78 is 32.7. The molecule has 0 radical (unpaired) electrons. The third kappa shape index (κ3) is 6.21. The molecule has 3 N–H and O–H groups in total. The Bertz CT molecular complexity index is 1020. The van der Waals surface area contributed by atoms with Crippen LogP contribution in [0.5, 0.6) is 0 Å². The lowest BCUT2D eigenvalue weighted by Gasteiger charge is -2.13. The van der Waals surface area contributed by atoms with Gasteiger partial charge in [-0.2, -0.15) is 0 Å². The second-order valence-corrected chi connectivity index (χ2v) is 10.2. The van der Waals surface area contributed by atoms with E-state index in [-0.39, 0.29) is 28.5 Å². The first-order valence-corrected chi connectivity index (χ1v) is 11.4. The number of nitro benzene ring substituents is 1. The molecule has 0 unspecified atom stereocenters. The monoisotopic (exact) mass is 460 g/mol. The third-order valence-corrected chi connectivity index (χ3v) is 7.49. The normalized spacial score (nSPS) is 12.7. The molecule has 0 fully saturated rings. The first-order valence-electron chi connectivity index (χ1n) is 8.25. The largest absolute Gasteiger partial charge is 0.383 e. The maximum absolute atomic E-state index is 12.5. The van der Waals surface area contributed by atoms with E-state index in [0.29, 0.717) is 14.9 Å². The van der Waals surface area contributed by atoms with Gasteiger partial charge in [-0.05, 0) is 26.0 Å². The summed E-state index contributed by atoms with van der Waals surface area (Å²) in [7, 11) is -2.51. The summed E-state index contributed by atoms with van der Waals surface area (Å²) >= 11 is 2.24. The van der Waals surface area contributed by atoms with E-state index >= 15 is 0 Å². The van der Waals surface area contributed by atoms with Crippen LogP contribution in [0, 0.1) is 17.0 Å². The number of methoxy groups -OCH3 is 1. The van der Waals surface area contributed by atoms with Gasteiger partial charge in [-0.25, -0.2) is 18.1 Å². The molecule has 2 aromatic rings. The number of aryl methyl sites for hydroxylation is 1. The summed E-state index contributed by atoms with van der Waals surface area (Å²) in [5.41, 5.74) is 5.46. The van der Waals surface area contributed by atoms with Crippen LogP contribution in [0.1, 0.15) is 17.5 Å². The van der Waals surface area contributed by atoms with E-state index in [1.165, 1.54) is 30.6 Å². The van der Waals surface area contributed by atoms with Crippen molar-refractivity contribution in [3.63, 3.8) is 0 Å². The highest BCUT2D eigenvalue weighted by Crippen LogP contribution is 2.38. The molecule has 0 aliphatic carbocycles. The number of benzene rings is 1. The van der Waals surface area contributed by atoms with Crippen LogP contribution in [0.25, 0.3) is 0 Å². The second-order valence-electron chi connectivity index (χ2n) is 6.10. The quantitative estimate of drug-likeness (QED) is 0.402. The van der Waals surface area contributed by atoms with Gasteiger partial charge in [0.25, 0.3) is 5.69 Å². The second kappa shape index (κ2) is 9.63. The van der Waals surface area contributed by atoms with Crippen molar-refractivity contribution < 1.29 is 22.9 Å². The highest BCUT2D eigenvalue weighted by Gasteiger charge is 2.24. The number of nitrogens with one attached hydrogen (secondary N) is 1. The smallest absolute Gasteiger partial charge is 0.284 e. The van der Waals surface area contributed by atoms with Crippen LogP contribution in [-0.2, 0) is 26.0 Å². The van der Waals surface area contributed by atoms with E-state index in [2.05, 4.69) is 9.71 Å². The molecule has 0 bridgehead atoms. The molecule has 0 aliphatic heterocycles. The van der Waals surface area contributed by atoms with Crippen LogP contribution >= 0.6 is 23.1 Å². The molecule has 0 spiro atoms. The molecule has 1 aromatic carbocycles. The van der Waals surface area contributed by atoms with Gasteiger partial charge in [0, 0.05) is 24.1 Å². The fourth-order valence-electron chi connectivity index (χ4n) is 2.37. The maximum Gasteiger partial charge on any atom is 0.284 e. The predicted molar refractivity (Wildman–Crippen MR) is 109 cm³/mol. The van der Waals surface area contributed by atoms with Crippen molar-refractivity contribution in [2.75, 3.05) is 13.7 Å². The van der Waals surface area contributed by atoms with Crippen molar-refractivity contribution >= 4 is 44.7 Å². The average molecular weight is 461 g/mol. The van der Waals surface area contributed by atoms with Crippen molar-refractivity contribution in [2.24, 2.45) is 5.73 Å². The zero-order valence-corrected chi connectivity index (χ0v) is 18.3. The molecule has 0 saturated heterocycles. The molecule has 29 heavy (non-hydrogen) atoms. The number of nitrogens with two attached hydrogens (primary N) is 1. The number of hydrogen-bond acceptors (Lipinski definition) is 9. The molecule has 158 valence electrons. The fourth-order valence-corrected chi connectivity index (χ4v) is 5.90. The van der Waals surface area contributed by atoms with Gasteiger partial charge in [0.05, 0.1) is 33.4 Å².